The molecular formula is C6H13NO2. The van der Waals surface area contributed by atoms with Crippen LogP contribution in [0.3, 0.4) is 0 Å². The topological polar surface area (TPSA) is 41.5 Å². The van der Waals surface area contributed by atoms with Crippen molar-refractivity contribution in [3.63, 3.8) is 0 Å². The molecule has 0 radical (unpaired) electrons. The fourth-order valence-corrected chi connectivity index (χ4v) is 0.961. The average Bonchev–Trinajstić information content (AvgIpc) is 2.17. The van der Waals surface area contributed by atoms with Crippen LogP contribution in [0, 0.1) is 0 Å². The van der Waals surface area contributed by atoms with Crippen LogP contribution < -0.4 is 5.32 Å². The van der Waals surface area contributed by atoms with Crippen molar-refractivity contribution in [2.75, 3.05) is 13.2 Å². The molecule has 0 bridgehead atoms. The molecule has 1 rings (SSSR count). The third kappa shape index (κ3) is 1.93. The van der Waals surface area contributed by atoms with Crippen molar-refractivity contribution in [2.45, 2.75) is 25.7 Å². The predicted molar refractivity (Wildman–Crippen MR) is 34.0 cm³/mol. The van der Waals surface area contributed by atoms with Crippen molar-refractivity contribution in [3.8, 4) is 0 Å². The summed E-state index contributed by atoms with van der Waals surface area (Å²) in [5.74, 6) is 0. The zero-order valence-corrected chi connectivity index (χ0v) is 5.63. The van der Waals surface area contributed by atoms with Crippen molar-refractivity contribution in [1.82, 2.24) is 5.32 Å². The maximum Gasteiger partial charge on any atom is 0.110 e. The minimum Gasteiger partial charge on any atom is -0.396 e. The van der Waals surface area contributed by atoms with Gasteiger partial charge in [0.25, 0.3) is 0 Å². The van der Waals surface area contributed by atoms with E-state index in [1.807, 2.05) is 6.92 Å². The molecule has 0 spiro atoms. The Balaban J connectivity index is 2.14. The molecule has 0 aliphatic carbocycles. The summed E-state index contributed by atoms with van der Waals surface area (Å²) in [4.78, 5) is 0. The van der Waals surface area contributed by atoms with Crippen LogP contribution in [0.15, 0.2) is 0 Å². The summed E-state index contributed by atoms with van der Waals surface area (Å²) >= 11 is 0. The Hall–Kier alpha value is -0.120. The molecule has 0 saturated carbocycles. The number of aliphatic hydroxyl groups is 1. The van der Waals surface area contributed by atoms with Crippen LogP contribution in [0.5, 0.6) is 0 Å². The van der Waals surface area contributed by atoms with Crippen molar-refractivity contribution >= 4 is 0 Å². The number of aliphatic hydroxyl groups excluding tert-OH is 1. The molecule has 0 aromatic carbocycles. The largest absolute Gasteiger partial charge is 0.396 e. The lowest BCUT2D eigenvalue weighted by atomic mass is 10.4. The Bertz CT molecular complexity index is 85.1. The highest BCUT2D eigenvalue weighted by atomic mass is 16.5. The summed E-state index contributed by atoms with van der Waals surface area (Å²) < 4.78 is 5.33. The Morgan fingerprint density at radius 2 is 2.56 bits per heavy atom. The van der Waals surface area contributed by atoms with Gasteiger partial charge in [0, 0.05) is 19.6 Å². The molecule has 0 aromatic heterocycles. The number of hydrogen-bond acceptors (Lipinski definition) is 3. The highest BCUT2D eigenvalue weighted by Gasteiger charge is 2.19. The van der Waals surface area contributed by atoms with Gasteiger partial charge in [0.1, 0.15) is 6.23 Å². The summed E-state index contributed by atoms with van der Waals surface area (Å²) in [5, 5.41) is 11.6. The van der Waals surface area contributed by atoms with Crippen LogP contribution in [0.4, 0.5) is 0 Å². The highest BCUT2D eigenvalue weighted by Crippen LogP contribution is 2.05. The molecule has 2 atom stereocenters. The van der Waals surface area contributed by atoms with Gasteiger partial charge < -0.3 is 9.84 Å². The lowest BCUT2D eigenvalue weighted by Gasteiger charge is -2.07. The SMILES string of the molecule is CC1CNC(CCO)O1. The quantitative estimate of drug-likeness (QED) is 0.540. The molecule has 2 N–H and O–H groups in total. The molecule has 2 unspecified atom stereocenters. The molecule has 1 aliphatic rings. The second kappa shape index (κ2) is 3.15. The van der Waals surface area contributed by atoms with E-state index in [2.05, 4.69) is 5.32 Å². The van der Waals surface area contributed by atoms with Crippen LogP contribution in [0.1, 0.15) is 13.3 Å². The van der Waals surface area contributed by atoms with Crippen molar-refractivity contribution in [3.05, 3.63) is 0 Å². The summed E-state index contributed by atoms with van der Waals surface area (Å²) in [6, 6.07) is 0. The highest BCUT2D eigenvalue weighted by molar-refractivity contribution is 4.68. The normalized spacial score (nSPS) is 35.3. The Morgan fingerprint density at radius 3 is 3.00 bits per heavy atom. The molecule has 1 heterocycles. The Labute approximate surface area is 55.0 Å². The number of rotatable bonds is 2. The van der Waals surface area contributed by atoms with Gasteiger partial charge in [0.15, 0.2) is 0 Å². The maximum absolute atomic E-state index is 8.49. The molecule has 3 nitrogen and oxygen atoms in total. The molecule has 0 aromatic rings. The van der Waals surface area contributed by atoms with Gasteiger partial charge in [-0.25, -0.2) is 0 Å². The van der Waals surface area contributed by atoms with Crippen molar-refractivity contribution in [1.29, 1.82) is 0 Å². The van der Waals surface area contributed by atoms with E-state index in [0.29, 0.717) is 12.5 Å². The fourth-order valence-electron chi connectivity index (χ4n) is 0.961. The monoisotopic (exact) mass is 131 g/mol. The first-order chi connectivity index (χ1) is 4.33. The molecule has 0 amide bonds. The second-order valence-corrected chi connectivity index (χ2v) is 2.36. The molecule has 1 fully saturated rings. The minimum atomic E-state index is 0.0880. The van der Waals surface area contributed by atoms with Gasteiger partial charge in [-0.1, -0.05) is 0 Å². The zero-order valence-electron chi connectivity index (χ0n) is 5.63. The smallest absolute Gasteiger partial charge is 0.110 e. The summed E-state index contributed by atoms with van der Waals surface area (Å²) in [7, 11) is 0. The van der Waals surface area contributed by atoms with Crippen LogP contribution >= 0.6 is 0 Å². The van der Waals surface area contributed by atoms with E-state index in [1.54, 1.807) is 0 Å². The zero-order chi connectivity index (χ0) is 6.69. The van der Waals surface area contributed by atoms with E-state index < -0.39 is 0 Å². The first-order valence-corrected chi connectivity index (χ1v) is 3.32. The first kappa shape index (κ1) is 6.99. The van der Waals surface area contributed by atoms with E-state index in [4.69, 9.17) is 9.84 Å². The summed E-state index contributed by atoms with van der Waals surface area (Å²) in [6.45, 7) is 3.12. The minimum absolute atomic E-state index is 0.0880. The lowest BCUT2D eigenvalue weighted by molar-refractivity contribution is 0.0355. The second-order valence-electron chi connectivity index (χ2n) is 2.36. The molecule has 9 heavy (non-hydrogen) atoms. The van der Waals surface area contributed by atoms with Crippen LogP contribution in [0.25, 0.3) is 0 Å². The van der Waals surface area contributed by atoms with E-state index in [-0.39, 0.29) is 12.8 Å². The first-order valence-electron chi connectivity index (χ1n) is 3.32. The maximum atomic E-state index is 8.49. The van der Waals surface area contributed by atoms with Gasteiger partial charge >= 0.3 is 0 Å². The van der Waals surface area contributed by atoms with Crippen LogP contribution in [-0.4, -0.2) is 30.6 Å². The molecule has 1 saturated heterocycles. The Morgan fingerprint density at radius 1 is 1.78 bits per heavy atom. The van der Waals surface area contributed by atoms with Gasteiger partial charge in [-0.05, 0) is 6.92 Å². The number of ether oxygens (including phenoxy) is 1. The van der Waals surface area contributed by atoms with E-state index in [1.165, 1.54) is 0 Å². The molecule has 3 heteroatoms. The van der Waals surface area contributed by atoms with Crippen molar-refractivity contribution < 1.29 is 9.84 Å². The van der Waals surface area contributed by atoms with Crippen molar-refractivity contribution in [2.24, 2.45) is 0 Å². The third-order valence-electron chi connectivity index (χ3n) is 1.42. The van der Waals surface area contributed by atoms with Crippen LogP contribution in [0.2, 0.25) is 0 Å². The number of hydrogen-bond donors (Lipinski definition) is 2. The van der Waals surface area contributed by atoms with Gasteiger partial charge in [-0.15, -0.1) is 0 Å². The average molecular weight is 131 g/mol. The van der Waals surface area contributed by atoms with Crippen LogP contribution in [-0.2, 0) is 4.74 Å². The molecular weight excluding hydrogens is 118 g/mol. The predicted octanol–water partition coefficient (Wildman–Crippen LogP) is -0.297. The Kier molecular flexibility index (Phi) is 2.45. The fraction of sp³-hybridized carbons (Fsp3) is 1.00. The van der Waals surface area contributed by atoms with E-state index in [9.17, 15) is 0 Å². The lowest BCUT2D eigenvalue weighted by Crippen LogP contribution is -2.23. The van der Waals surface area contributed by atoms with E-state index >= 15 is 0 Å². The third-order valence-corrected chi connectivity index (χ3v) is 1.42. The molecule has 54 valence electrons. The number of nitrogens with one attached hydrogen (secondary N) is 1. The summed E-state index contributed by atoms with van der Waals surface area (Å²) in [5.41, 5.74) is 0. The molecule has 1 aliphatic heterocycles. The van der Waals surface area contributed by atoms with Gasteiger partial charge in [0.05, 0.1) is 6.10 Å². The van der Waals surface area contributed by atoms with Gasteiger partial charge in [-0.3, -0.25) is 5.32 Å². The van der Waals surface area contributed by atoms with E-state index in [0.717, 1.165) is 6.54 Å². The standard InChI is InChI=1S/C6H13NO2/c1-5-4-7-6(9-5)2-3-8/h5-8H,2-4H2,1H3. The van der Waals surface area contributed by atoms with Gasteiger partial charge in [0.2, 0.25) is 0 Å². The van der Waals surface area contributed by atoms with Gasteiger partial charge in [-0.2, -0.15) is 0 Å². The summed E-state index contributed by atoms with van der Waals surface area (Å²) in [6.07, 6.45) is 1.09.